The van der Waals surface area contributed by atoms with Gasteiger partial charge in [0.05, 0.1) is 11.1 Å². The van der Waals surface area contributed by atoms with Crippen LogP contribution in [-0.2, 0) is 6.54 Å². The molecular formula is C11H18N2OS. The van der Waals surface area contributed by atoms with Crippen LogP contribution in [-0.4, -0.2) is 22.7 Å². The fraction of sp³-hybridized carbons (Fsp3) is 0.727. The van der Waals surface area contributed by atoms with Gasteiger partial charge in [-0.15, -0.1) is 11.3 Å². The number of hydrogen-bond acceptors (Lipinski definition) is 4. The number of hydrogen-bond donors (Lipinski definition) is 2. The lowest BCUT2D eigenvalue weighted by molar-refractivity contribution is 0.191. The van der Waals surface area contributed by atoms with E-state index in [0.29, 0.717) is 6.54 Å². The first-order valence-corrected chi connectivity index (χ1v) is 6.40. The minimum Gasteiger partial charge on any atom is -0.392 e. The molecule has 0 amide bonds. The molecule has 1 saturated carbocycles. The third-order valence-corrected chi connectivity index (χ3v) is 3.92. The van der Waals surface area contributed by atoms with Crippen molar-refractivity contribution in [1.29, 1.82) is 0 Å². The second-order valence-corrected chi connectivity index (χ2v) is 5.42. The Labute approximate surface area is 94.5 Å². The van der Waals surface area contributed by atoms with Crippen molar-refractivity contribution in [3.8, 4) is 0 Å². The van der Waals surface area contributed by atoms with E-state index in [0.717, 1.165) is 12.5 Å². The van der Waals surface area contributed by atoms with Crippen LogP contribution in [0.2, 0.25) is 0 Å². The van der Waals surface area contributed by atoms with E-state index in [2.05, 4.69) is 10.3 Å². The predicted molar refractivity (Wildman–Crippen MR) is 62.1 cm³/mol. The number of thiazole rings is 1. The van der Waals surface area contributed by atoms with Crippen molar-refractivity contribution < 1.29 is 5.11 Å². The maximum Gasteiger partial charge on any atom is 0.0959 e. The van der Waals surface area contributed by atoms with E-state index in [4.69, 9.17) is 5.11 Å². The van der Waals surface area contributed by atoms with Crippen molar-refractivity contribution in [2.24, 2.45) is 0 Å². The molecule has 2 N–H and O–H groups in total. The minimum absolute atomic E-state index is 0.274. The van der Waals surface area contributed by atoms with Gasteiger partial charge in [-0.1, -0.05) is 6.42 Å². The second-order valence-electron chi connectivity index (χ2n) is 4.27. The Kier molecular flexibility index (Phi) is 3.72. The Morgan fingerprint density at radius 2 is 2.47 bits per heavy atom. The van der Waals surface area contributed by atoms with E-state index >= 15 is 0 Å². The maximum atomic E-state index is 9.10. The molecule has 1 heterocycles. The van der Waals surface area contributed by atoms with Crippen LogP contribution >= 0.6 is 11.3 Å². The molecule has 0 radical (unpaired) electrons. The molecule has 0 aliphatic heterocycles. The Balaban J connectivity index is 1.79. The maximum absolute atomic E-state index is 9.10. The summed E-state index contributed by atoms with van der Waals surface area (Å²) in [7, 11) is 0. The molecule has 0 unspecified atom stereocenters. The predicted octanol–water partition coefficient (Wildman–Crippen LogP) is 1.88. The molecular weight excluding hydrogens is 208 g/mol. The summed E-state index contributed by atoms with van der Waals surface area (Å²) in [5.74, 6) is 0.737. The van der Waals surface area contributed by atoms with Crippen LogP contribution in [0, 0.1) is 0 Å². The smallest absolute Gasteiger partial charge is 0.0959 e. The molecule has 1 aromatic heterocycles. The van der Waals surface area contributed by atoms with E-state index in [1.165, 1.54) is 29.1 Å². The van der Waals surface area contributed by atoms with Crippen molar-refractivity contribution in [2.75, 3.05) is 6.54 Å². The lowest BCUT2D eigenvalue weighted by Crippen LogP contribution is -2.23. The highest BCUT2D eigenvalue weighted by atomic mass is 32.1. The zero-order chi connectivity index (χ0) is 10.7. The van der Waals surface area contributed by atoms with Crippen LogP contribution < -0.4 is 5.32 Å². The molecule has 15 heavy (non-hydrogen) atoms. The standard InChI is InChI=1S/C11H18N2OS/c1-8(14)5-12-6-10-7-13-11(15-10)9-3-2-4-9/h7-9,12,14H,2-6H2,1H3/t8-/m1/s1. The van der Waals surface area contributed by atoms with Crippen LogP contribution in [0.1, 0.15) is 42.0 Å². The molecule has 2 rings (SSSR count). The highest BCUT2D eigenvalue weighted by molar-refractivity contribution is 7.11. The fourth-order valence-electron chi connectivity index (χ4n) is 1.65. The highest BCUT2D eigenvalue weighted by Gasteiger charge is 2.22. The molecule has 3 nitrogen and oxygen atoms in total. The molecule has 4 heteroatoms. The number of rotatable bonds is 5. The molecule has 1 aromatic rings. The summed E-state index contributed by atoms with van der Waals surface area (Å²) in [6.45, 7) is 3.27. The van der Waals surface area contributed by atoms with Gasteiger partial charge in [-0.3, -0.25) is 0 Å². The summed E-state index contributed by atoms with van der Waals surface area (Å²) in [4.78, 5) is 5.73. The van der Waals surface area contributed by atoms with Gasteiger partial charge in [0, 0.05) is 30.1 Å². The van der Waals surface area contributed by atoms with Gasteiger partial charge < -0.3 is 10.4 Å². The average molecular weight is 226 g/mol. The molecule has 1 aliphatic rings. The normalized spacial score (nSPS) is 18.8. The largest absolute Gasteiger partial charge is 0.392 e. The summed E-state index contributed by atoms with van der Waals surface area (Å²) in [6, 6.07) is 0. The summed E-state index contributed by atoms with van der Waals surface area (Å²) in [6.07, 6.45) is 5.68. The van der Waals surface area contributed by atoms with Crippen molar-refractivity contribution >= 4 is 11.3 Å². The lowest BCUT2D eigenvalue weighted by atomic mass is 9.86. The number of aliphatic hydroxyl groups is 1. The summed E-state index contributed by atoms with van der Waals surface area (Å²) >= 11 is 1.81. The molecule has 0 bridgehead atoms. The van der Waals surface area contributed by atoms with Gasteiger partial charge >= 0.3 is 0 Å². The number of nitrogens with zero attached hydrogens (tertiary/aromatic N) is 1. The van der Waals surface area contributed by atoms with E-state index in [1.54, 1.807) is 6.92 Å². The zero-order valence-corrected chi connectivity index (χ0v) is 9.89. The first-order valence-electron chi connectivity index (χ1n) is 5.59. The summed E-state index contributed by atoms with van der Waals surface area (Å²) in [5, 5.41) is 13.6. The molecule has 0 saturated heterocycles. The van der Waals surface area contributed by atoms with Gasteiger partial charge in [0.15, 0.2) is 0 Å². The van der Waals surface area contributed by atoms with E-state index in [1.807, 2.05) is 17.5 Å². The molecule has 0 spiro atoms. The van der Waals surface area contributed by atoms with E-state index in [-0.39, 0.29) is 6.10 Å². The first kappa shape index (κ1) is 11.0. The SMILES string of the molecule is C[C@@H](O)CNCc1cnc(C2CCC2)s1. The topological polar surface area (TPSA) is 45.1 Å². The Morgan fingerprint density at radius 1 is 1.67 bits per heavy atom. The molecule has 84 valence electrons. The Hall–Kier alpha value is -0.450. The molecule has 1 fully saturated rings. The number of nitrogens with one attached hydrogen (secondary N) is 1. The highest BCUT2D eigenvalue weighted by Crippen LogP contribution is 2.38. The van der Waals surface area contributed by atoms with Crippen molar-refractivity contribution in [3.63, 3.8) is 0 Å². The van der Waals surface area contributed by atoms with Crippen molar-refractivity contribution in [3.05, 3.63) is 16.1 Å². The third kappa shape index (κ3) is 3.00. The van der Waals surface area contributed by atoms with Crippen molar-refractivity contribution in [1.82, 2.24) is 10.3 Å². The van der Waals surface area contributed by atoms with Gasteiger partial charge in [-0.2, -0.15) is 0 Å². The van der Waals surface area contributed by atoms with E-state index < -0.39 is 0 Å². The van der Waals surface area contributed by atoms with Crippen LogP contribution in [0.5, 0.6) is 0 Å². The van der Waals surface area contributed by atoms with Gasteiger partial charge in [0.25, 0.3) is 0 Å². The summed E-state index contributed by atoms with van der Waals surface area (Å²) < 4.78 is 0. The number of aromatic nitrogens is 1. The summed E-state index contributed by atoms with van der Waals surface area (Å²) in [5.41, 5.74) is 0. The number of aliphatic hydroxyl groups excluding tert-OH is 1. The first-order chi connectivity index (χ1) is 7.25. The van der Waals surface area contributed by atoms with Crippen LogP contribution in [0.15, 0.2) is 6.20 Å². The average Bonchev–Trinajstić information content (AvgIpc) is 2.49. The monoisotopic (exact) mass is 226 g/mol. The second kappa shape index (κ2) is 5.05. The zero-order valence-electron chi connectivity index (χ0n) is 9.07. The van der Waals surface area contributed by atoms with Gasteiger partial charge in [0.2, 0.25) is 0 Å². The minimum atomic E-state index is -0.274. The third-order valence-electron chi connectivity index (χ3n) is 2.76. The van der Waals surface area contributed by atoms with Gasteiger partial charge in [-0.25, -0.2) is 4.98 Å². The fourth-order valence-corrected chi connectivity index (χ4v) is 2.71. The van der Waals surface area contributed by atoms with Gasteiger partial charge in [0.1, 0.15) is 0 Å². The van der Waals surface area contributed by atoms with Crippen LogP contribution in [0.4, 0.5) is 0 Å². The Morgan fingerprint density at radius 3 is 3.07 bits per heavy atom. The lowest BCUT2D eigenvalue weighted by Gasteiger charge is -2.22. The van der Waals surface area contributed by atoms with Crippen molar-refractivity contribution in [2.45, 2.75) is 44.8 Å². The van der Waals surface area contributed by atoms with Crippen LogP contribution in [0.3, 0.4) is 0 Å². The quantitative estimate of drug-likeness (QED) is 0.806. The molecule has 0 aromatic carbocycles. The van der Waals surface area contributed by atoms with Crippen LogP contribution in [0.25, 0.3) is 0 Å². The molecule has 1 aliphatic carbocycles. The van der Waals surface area contributed by atoms with E-state index in [9.17, 15) is 0 Å². The Bertz CT molecular complexity index is 307. The van der Waals surface area contributed by atoms with Gasteiger partial charge in [-0.05, 0) is 19.8 Å². The molecule has 1 atom stereocenters.